The maximum absolute atomic E-state index is 12.3. The Labute approximate surface area is 162 Å². The second-order valence-electron chi connectivity index (χ2n) is 5.71. The van der Waals surface area contributed by atoms with E-state index in [4.69, 9.17) is 21.1 Å². The Morgan fingerprint density at radius 1 is 1.11 bits per heavy atom. The number of amides is 1. The number of pyridine rings is 1. The van der Waals surface area contributed by atoms with Gasteiger partial charge in [-0.1, -0.05) is 41.9 Å². The van der Waals surface area contributed by atoms with E-state index in [0.29, 0.717) is 35.4 Å². The van der Waals surface area contributed by atoms with Crippen molar-refractivity contribution >= 4 is 40.2 Å². The molecule has 0 unspecified atom stereocenters. The second kappa shape index (κ2) is 9.16. The molecule has 27 heavy (non-hydrogen) atoms. The fourth-order valence-electron chi connectivity index (χ4n) is 2.49. The van der Waals surface area contributed by atoms with Gasteiger partial charge in [0, 0.05) is 18.6 Å². The molecule has 0 saturated carbocycles. The maximum atomic E-state index is 12.3. The zero-order valence-electron chi connectivity index (χ0n) is 14.8. The highest BCUT2D eigenvalue weighted by Gasteiger charge is 2.10. The van der Waals surface area contributed by atoms with Gasteiger partial charge in [-0.25, -0.2) is 4.98 Å². The van der Waals surface area contributed by atoms with Crippen LogP contribution < -0.4 is 10.1 Å². The van der Waals surface area contributed by atoms with Gasteiger partial charge in [0.05, 0.1) is 28.5 Å². The average Bonchev–Trinajstić information content (AvgIpc) is 2.68. The van der Waals surface area contributed by atoms with Crippen LogP contribution in [-0.4, -0.2) is 31.2 Å². The van der Waals surface area contributed by atoms with Gasteiger partial charge >= 0.3 is 0 Å². The summed E-state index contributed by atoms with van der Waals surface area (Å²) in [7, 11) is 1.59. The van der Waals surface area contributed by atoms with Crippen LogP contribution in [0.4, 0.5) is 5.69 Å². The quantitative estimate of drug-likeness (QED) is 0.480. The Balaban J connectivity index is 1.71. The molecule has 6 heteroatoms. The number of para-hydroxylation sites is 2. The van der Waals surface area contributed by atoms with Gasteiger partial charge in [0.25, 0.3) is 0 Å². The van der Waals surface area contributed by atoms with Gasteiger partial charge in [0.15, 0.2) is 5.75 Å². The van der Waals surface area contributed by atoms with E-state index in [1.807, 2.05) is 36.4 Å². The van der Waals surface area contributed by atoms with Crippen LogP contribution in [0.3, 0.4) is 0 Å². The number of aromatic nitrogens is 1. The van der Waals surface area contributed by atoms with E-state index in [-0.39, 0.29) is 5.91 Å². The zero-order chi connectivity index (χ0) is 19.1. The van der Waals surface area contributed by atoms with Crippen molar-refractivity contribution in [1.82, 2.24) is 4.98 Å². The molecule has 0 aliphatic rings. The fraction of sp³-hybridized carbons (Fsp3) is 0.143. The number of nitrogens with one attached hydrogen (secondary N) is 1. The van der Waals surface area contributed by atoms with Gasteiger partial charge in [-0.3, -0.25) is 4.79 Å². The number of nitrogens with zero attached hydrogens (tertiary/aromatic N) is 1. The Kier molecular flexibility index (Phi) is 6.41. The number of hydrogen-bond acceptors (Lipinski definition) is 4. The maximum Gasteiger partial charge on any atom is 0.248 e. The standard InChI is InChI=1S/C21H19ClN2O3/c1-26-13-14-27-21-17(22)6-4-8-19(21)24-20(25)12-11-16-10-9-15-5-2-3-7-18(15)23-16/h2-12H,13-14H2,1H3,(H,24,25)/b12-11+. The summed E-state index contributed by atoms with van der Waals surface area (Å²) < 4.78 is 10.6. The molecule has 1 N–H and O–H groups in total. The molecule has 5 nitrogen and oxygen atoms in total. The van der Waals surface area contributed by atoms with Crippen LogP contribution in [0, 0.1) is 0 Å². The highest BCUT2D eigenvalue weighted by atomic mass is 35.5. The van der Waals surface area contributed by atoms with Crippen molar-refractivity contribution in [3.63, 3.8) is 0 Å². The largest absolute Gasteiger partial charge is 0.487 e. The predicted octanol–water partition coefficient (Wildman–Crippen LogP) is 4.57. The number of halogens is 1. The minimum absolute atomic E-state index is 0.302. The van der Waals surface area contributed by atoms with Crippen molar-refractivity contribution in [3.05, 3.63) is 71.4 Å². The summed E-state index contributed by atoms with van der Waals surface area (Å²) in [6.07, 6.45) is 3.09. The third kappa shape index (κ3) is 5.06. The summed E-state index contributed by atoms with van der Waals surface area (Å²) in [5.41, 5.74) is 2.08. The first-order valence-electron chi connectivity index (χ1n) is 8.42. The summed E-state index contributed by atoms with van der Waals surface area (Å²) in [4.78, 5) is 16.8. The molecule has 0 atom stereocenters. The summed E-state index contributed by atoms with van der Waals surface area (Å²) in [6, 6.07) is 16.8. The highest BCUT2D eigenvalue weighted by molar-refractivity contribution is 6.32. The van der Waals surface area contributed by atoms with Crippen molar-refractivity contribution < 1.29 is 14.3 Å². The first-order chi connectivity index (χ1) is 13.2. The predicted molar refractivity (Wildman–Crippen MR) is 108 cm³/mol. The molecule has 3 rings (SSSR count). The average molecular weight is 383 g/mol. The molecule has 0 bridgehead atoms. The van der Waals surface area contributed by atoms with Crippen molar-refractivity contribution in [2.75, 3.05) is 25.6 Å². The van der Waals surface area contributed by atoms with E-state index in [0.717, 1.165) is 10.9 Å². The number of ether oxygens (including phenoxy) is 2. The molecule has 2 aromatic carbocycles. The third-order valence-corrected chi connectivity index (χ3v) is 4.08. The second-order valence-corrected chi connectivity index (χ2v) is 6.12. The van der Waals surface area contributed by atoms with E-state index in [9.17, 15) is 4.79 Å². The van der Waals surface area contributed by atoms with Gasteiger partial charge in [-0.05, 0) is 30.3 Å². The van der Waals surface area contributed by atoms with E-state index >= 15 is 0 Å². The lowest BCUT2D eigenvalue weighted by Crippen LogP contribution is -2.11. The van der Waals surface area contributed by atoms with Gasteiger partial charge in [-0.15, -0.1) is 0 Å². The molecule has 0 radical (unpaired) electrons. The van der Waals surface area contributed by atoms with Gasteiger partial charge in [-0.2, -0.15) is 0 Å². The molecule has 0 fully saturated rings. The van der Waals surface area contributed by atoms with Crippen molar-refractivity contribution in [2.24, 2.45) is 0 Å². The number of carbonyl (C=O) groups is 1. The first-order valence-corrected chi connectivity index (χ1v) is 8.80. The Morgan fingerprint density at radius 3 is 2.81 bits per heavy atom. The minimum Gasteiger partial charge on any atom is -0.487 e. The molecular formula is C21H19ClN2O3. The topological polar surface area (TPSA) is 60.5 Å². The molecule has 0 spiro atoms. The third-order valence-electron chi connectivity index (χ3n) is 3.78. The van der Waals surface area contributed by atoms with E-state index in [2.05, 4.69) is 10.3 Å². The lowest BCUT2D eigenvalue weighted by Gasteiger charge is -2.13. The molecule has 0 saturated heterocycles. The van der Waals surface area contributed by atoms with Crippen molar-refractivity contribution in [3.8, 4) is 5.75 Å². The number of methoxy groups -OCH3 is 1. The number of fused-ring (bicyclic) bond motifs is 1. The molecule has 0 aliphatic carbocycles. The van der Waals surface area contributed by atoms with Crippen LogP contribution in [0.1, 0.15) is 5.69 Å². The Hall–Kier alpha value is -2.89. The summed E-state index contributed by atoms with van der Waals surface area (Å²) in [6.45, 7) is 0.756. The van der Waals surface area contributed by atoms with Crippen LogP contribution in [0.25, 0.3) is 17.0 Å². The number of rotatable bonds is 7. The van der Waals surface area contributed by atoms with Crippen LogP contribution >= 0.6 is 11.6 Å². The van der Waals surface area contributed by atoms with Crippen molar-refractivity contribution in [1.29, 1.82) is 0 Å². The van der Waals surface area contributed by atoms with Gasteiger partial charge in [0.2, 0.25) is 5.91 Å². The monoisotopic (exact) mass is 382 g/mol. The van der Waals surface area contributed by atoms with Crippen LogP contribution in [0.2, 0.25) is 5.02 Å². The molecule has 1 amide bonds. The van der Waals surface area contributed by atoms with Crippen molar-refractivity contribution in [2.45, 2.75) is 0 Å². The molecule has 1 heterocycles. The number of benzene rings is 2. The summed E-state index contributed by atoms with van der Waals surface area (Å²) >= 11 is 6.18. The minimum atomic E-state index is -0.302. The van der Waals surface area contributed by atoms with Crippen LogP contribution in [0.15, 0.2) is 60.7 Å². The Bertz CT molecular complexity index is 973. The Morgan fingerprint density at radius 2 is 1.96 bits per heavy atom. The number of hydrogen-bond donors (Lipinski definition) is 1. The van der Waals surface area contributed by atoms with E-state index in [1.54, 1.807) is 31.4 Å². The first kappa shape index (κ1) is 18.9. The molecule has 3 aromatic rings. The SMILES string of the molecule is COCCOc1c(Cl)cccc1NC(=O)/C=C/c1ccc2ccccc2n1. The van der Waals surface area contributed by atoms with E-state index in [1.165, 1.54) is 6.08 Å². The lowest BCUT2D eigenvalue weighted by atomic mass is 10.2. The van der Waals surface area contributed by atoms with Crippen LogP contribution in [0.5, 0.6) is 5.75 Å². The lowest BCUT2D eigenvalue weighted by molar-refractivity contribution is -0.111. The van der Waals surface area contributed by atoms with Gasteiger partial charge in [0.1, 0.15) is 6.61 Å². The molecule has 1 aromatic heterocycles. The van der Waals surface area contributed by atoms with Crippen LogP contribution in [-0.2, 0) is 9.53 Å². The highest BCUT2D eigenvalue weighted by Crippen LogP contribution is 2.32. The number of anilines is 1. The van der Waals surface area contributed by atoms with E-state index < -0.39 is 0 Å². The molecule has 0 aliphatic heterocycles. The molecular weight excluding hydrogens is 364 g/mol. The summed E-state index contributed by atoms with van der Waals surface area (Å²) in [5, 5.41) is 4.25. The van der Waals surface area contributed by atoms with Gasteiger partial charge < -0.3 is 14.8 Å². The smallest absolute Gasteiger partial charge is 0.248 e. The zero-order valence-corrected chi connectivity index (χ0v) is 15.6. The normalized spacial score (nSPS) is 11.0. The summed E-state index contributed by atoms with van der Waals surface area (Å²) in [5.74, 6) is 0.116. The number of carbonyl (C=O) groups excluding carboxylic acids is 1. The molecule has 138 valence electrons. The fourth-order valence-corrected chi connectivity index (χ4v) is 2.72.